The van der Waals surface area contributed by atoms with Crippen molar-refractivity contribution in [2.45, 2.75) is 37.6 Å². The summed E-state index contributed by atoms with van der Waals surface area (Å²) in [6.07, 6.45) is -3.12. The van der Waals surface area contributed by atoms with Crippen LogP contribution in [0.3, 0.4) is 0 Å². The third-order valence-corrected chi connectivity index (χ3v) is 5.87. The number of amides is 2. The van der Waals surface area contributed by atoms with Gasteiger partial charge in [0.2, 0.25) is 11.8 Å². The number of hydrogen-bond donors (Lipinski definition) is 2. The van der Waals surface area contributed by atoms with Crippen LogP contribution in [-0.4, -0.2) is 51.8 Å². The van der Waals surface area contributed by atoms with Crippen LogP contribution >= 0.6 is 0 Å². The maximum atomic E-state index is 12.9. The largest absolute Gasteiger partial charge is 0.405 e. The van der Waals surface area contributed by atoms with Crippen molar-refractivity contribution in [1.82, 2.24) is 14.8 Å². The van der Waals surface area contributed by atoms with E-state index in [0.29, 0.717) is 5.69 Å². The zero-order valence-electron chi connectivity index (χ0n) is 14.9. The number of halogens is 3. The zero-order chi connectivity index (χ0) is 20.2. The quantitative estimate of drug-likeness (QED) is 0.768. The second-order valence-electron chi connectivity index (χ2n) is 7.64. The highest BCUT2D eigenvalue weighted by Gasteiger charge is 2.58. The highest BCUT2D eigenvalue weighted by atomic mass is 19.4. The predicted molar refractivity (Wildman–Crippen MR) is 89.9 cm³/mol. The fourth-order valence-corrected chi connectivity index (χ4v) is 4.51. The first-order valence-electron chi connectivity index (χ1n) is 9.20. The summed E-state index contributed by atoms with van der Waals surface area (Å²) in [5, 5.41) is 11.8. The summed E-state index contributed by atoms with van der Waals surface area (Å²) in [6.45, 7) is -1.85. The lowest BCUT2D eigenvalue weighted by Gasteiger charge is -2.38. The third kappa shape index (κ3) is 3.09. The van der Waals surface area contributed by atoms with Crippen LogP contribution in [0.4, 0.5) is 13.2 Å². The molecule has 3 aliphatic rings. The van der Waals surface area contributed by atoms with E-state index in [4.69, 9.17) is 0 Å². The van der Waals surface area contributed by atoms with E-state index in [9.17, 15) is 32.7 Å². The minimum atomic E-state index is -4.57. The van der Waals surface area contributed by atoms with Gasteiger partial charge in [-0.15, -0.1) is 0 Å². The van der Waals surface area contributed by atoms with Gasteiger partial charge in [-0.1, -0.05) is 6.07 Å². The molecule has 3 heterocycles. The average Bonchev–Trinajstić information content (AvgIpc) is 3.44. The van der Waals surface area contributed by atoms with Gasteiger partial charge in [0, 0.05) is 36.7 Å². The average molecular weight is 399 g/mol. The minimum Gasteiger partial charge on any atom is -0.396 e. The Bertz CT molecular complexity index is 864. The minimum absolute atomic E-state index is 0.109. The Morgan fingerprint density at radius 1 is 1.25 bits per heavy atom. The molecule has 7 nitrogen and oxygen atoms in total. The number of alkyl halides is 3. The van der Waals surface area contributed by atoms with Crippen LogP contribution in [0.1, 0.15) is 24.6 Å². The molecule has 2 amide bonds. The monoisotopic (exact) mass is 399 g/mol. The molecule has 0 spiro atoms. The first-order valence-corrected chi connectivity index (χ1v) is 9.20. The molecule has 1 aromatic heterocycles. The van der Waals surface area contributed by atoms with Crippen molar-refractivity contribution in [3.8, 4) is 0 Å². The van der Waals surface area contributed by atoms with Crippen LogP contribution in [0.25, 0.3) is 0 Å². The molecule has 2 bridgehead atoms. The fourth-order valence-electron chi connectivity index (χ4n) is 4.51. The van der Waals surface area contributed by atoms with Gasteiger partial charge in [-0.3, -0.25) is 14.4 Å². The second-order valence-corrected chi connectivity index (χ2v) is 7.64. The summed E-state index contributed by atoms with van der Waals surface area (Å²) in [4.78, 5) is 39.4. The SMILES string of the molecule is O=C(NCC(F)(F)F)[C@H]1[C@H](CO)[C@H]2Cn3c(cccc3=O)[C@@H]1N2C(=O)C1CC1. The normalized spacial score (nSPS) is 28.8. The van der Waals surface area contributed by atoms with E-state index in [1.54, 1.807) is 6.07 Å². The lowest BCUT2D eigenvalue weighted by atomic mass is 9.86. The van der Waals surface area contributed by atoms with Crippen molar-refractivity contribution in [1.29, 1.82) is 0 Å². The summed E-state index contributed by atoms with van der Waals surface area (Å²) in [5.41, 5.74) is 0.111. The van der Waals surface area contributed by atoms with E-state index >= 15 is 0 Å². The molecular formula is C18H20F3N3O4. The fraction of sp³-hybridized carbons (Fsp3) is 0.611. The molecule has 1 aromatic rings. The molecular weight excluding hydrogens is 379 g/mol. The summed E-state index contributed by atoms with van der Waals surface area (Å²) in [5.74, 6) is -3.01. The first kappa shape index (κ1) is 19.0. The standard InChI is InChI=1S/C18H20F3N3O4/c19-18(20,21)8-22-16(27)14-10(7-25)12-6-23-11(2-1-3-13(23)26)15(14)24(12)17(28)9-4-5-9/h1-3,9-10,12,14-15,25H,4-8H2,(H,22,27)/t10-,12-,14+,15+/m1/s1. The van der Waals surface area contributed by atoms with E-state index in [1.165, 1.54) is 21.6 Å². The molecule has 0 radical (unpaired) electrons. The Balaban J connectivity index is 1.75. The number of nitrogens with one attached hydrogen (secondary N) is 1. The summed E-state index contributed by atoms with van der Waals surface area (Å²) in [7, 11) is 0. The van der Waals surface area contributed by atoms with Crippen molar-refractivity contribution in [2.24, 2.45) is 17.8 Å². The Labute approximate surface area is 158 Å². The van der Waals surface area contributed by atoms with Crippen LogP contribution in [-0.2, 0) is 16.1 Å². The number of aliphatic hydroxyl groups is 1. The van der Waals surface area contributed by atoms with Gasteiger partial charge in [-0.2, -0.15) is 13.2 Å². The van der Waals surface area contributed by atoms with E-state index in [0.717, 1.165) is 12.8 Å². The van der Waals surface area contributed by atoms with Gasteiger partial charge in [0.15, 0.2) is 0 Å². The van der Waals surface area contributed by atoms with Gasteiger partial charge in [-0.05, 0) is 18.9 Å². The Morgan fingerprint density at radius 3 is 2.57 bits per heavy atom. The van der Waals surface area contributed by atoms with Gasteiger partial charge in [-0.25, -0.2) is 0 Å². The molecule has 4 atom stereocenters. The van der Waals surface area contributed by atoms with Gasteiger partial charge >= 0.3 is 6.18 Å². The molecule has 0 unspecified atom stereocenters. The molecule has 152 valence electrons. The van der Waals surface area contributed by atoms with Gasteiger partial charge in [0.1, 0.15) is 6.54 Å². The third-order valence-electron chi connectivity index (χ3n) is 5.87. The molecule has 0 aromatic carbocycles. The van der Waals surface area contributed by atoms with Gasteiger partial charge < -0.3 is 19.9 Å². The summed E-state index contributed by atoms with van der Waals surface area (Å²) < 4.78 is 39.2. The Hall–Kier alpha value is -2.36. The predicted octanol–water partition coefficient (Wildman–Crippen LogP) is 0.427. The van der Waals surface area contributed by atoms with E-state index in [2.05, 4.69) is 0 Å². The molecule has 1 saturated carbocycles. The number of fused-ring (bicyclic) bond motifs is 4. The number of hydrogen-bond acceptors (Lipinski definition) is 4. The molecule has 2 aliphatic heterocycles. The number of rotatable bonds is 4. The van der Waals surface area contributed by atoms with Crippen molar-refractivity contribution in [3.63, 3.8) is 0 Å². The Kier molecular flexibility index (Phi) is 4.48. The topological polar surface area (TPSA) is 91.6 Å². The number of aromatic nitrogens is 1. The molecule has 28 heavy (non-hydrogen) atoms. The summed E-state index contributed by atoms with van der Waals surface area (Å²) >= 11 is 0. The summed E-state index contributed by atoms with van der Waals surface area (Å²) in [6, 6.07) is 2.99. The van der Waals surface area contributed by atoms with Crippen molar-refractivity contribution in [3.05, 3.63) is 34.2 Å². The van der Waals surface area contributed by atoms with Crippen molar-refractivity contribution < 1.29 is 27.9 Å². The maximum Gasteiger partial charge on any atom is 0.405 e. The first-order chi connectivity index (χ1) is 13.2. The van der Waals surface area contributed by atoms with Crippen LogP contribution < -0.4 is 10.9 Å². The second kappa shape index (κ2) is 6.61. The van der Waals surface area contributed by atoms with Crippen LogP contribution in [0.2, 0.25) is 0 Å². The lowest BCUT2D eigenvalue weighted by molar-refractivity contribution is -0.143. The van der Waals surface area contributed by atoms with Crippen LogP contribution in [0.15, 0.2) is 23.0 Å². The molecule has 4 rings (SSSR count). The van der Waals surface area contributed by atoms with Gasteiger partial charge in [0.25, 0.3) is 5.56 Å². The van der Waals surface area contributed by atoms with E-state index in [-0.39, 0.29) is 23.9 Å². The van der Waals surface area contributed by atoms with Crippen LogP contribution in [0.5, 0.6) is 0 Å². The van der Waals surface area contributed by atoms with Crippen molar-refractivity contribution in [2.75, 3.05) is 13.2 Å². The Morgan fingerprint density at radius 2 is 1.96 bits per heavy atom. The molecule has 1 saturated heterocycles. The van der Waals surface area contributed by atoms with E-state index < -0.39 is 49.2 Å². The van der Waals surface area contributed by atoms with Crippen molar-refractivity contribution >= 4 is 11.8 Å². The molecule has 2 N–H and O–H groups in total. The van der Waals surface area contributed by atoms with Crippen LogP contribution in [0, 0.1) is 17.8 Å². The molecule has 10 heteroatoms. The van der Waals surface area contributed by atoms with Gasteiger partial charge in [0.05, 0.1) is 18.0 Å². The maximum absolute atomic E-state index is 12.9. The highest BCUT2D eigenvalue weighted by Crippen LogP contribution is 2.50. The number of pyridine rings is 1. The smallest absolute Gasteiger partial charge is 0.396 e. The molecule has 1 aliphatic carbocycles. The number of nitrogens with zero attached hydrogens (tertiary/aromatic N) is 2. The number of carbonyl (C=O) groups excluding carboxylic acids is 2. The number of carbonyl (C=O) groups is 2. The number of aliphatic hydroxyl groups excluding tert-OH is 1. The molecule has 2 fully saturated rings. The van der Waals surface area contributed by atoms with E-state index in [1.807, 2.05) is 5.32 Å². The zero-order valence-corrected chi connectivity index (χ0v) is 14.9. The highest BCUT2D eigenvalue weighted by molar-refractivity contribution is 5.86. The lowest BCUT2D eigenvalue weighted by Crippen LogP contribution is -2.49.